The van der Waals surface area contributed by atoms with Gasteiger partial charge in [-0.15, -0.1) is 0 Å². The Morgan fingerprint density at radius 3 is 2.73 bits per heavy atom. The smallest absolute Gasteiger partial charge is 0.163 e. The van der Waals surface area contributed by atoms with Gasteiger partial charge in [-0.05, 0) is 36.2 Å². The van der Waals surface area contributed by atoms with Crippen LogP contribution in [-0.4, -0.2) is 20.1 Å². The molecule has 0 aliphatic heterocycles. The van der Waals surface area contributed by atoms with E-state index in [4.69, 9.17) is 0 Å². The number of aliphatic hydroxyl groups is 1. The van der Waals surface area contributed by atoms with E-state index in [0.29, 0.717) is 11.3 Å². The Morgan fingerprint density at radius 1 is 1.14 bits per heavy atom. The molecule has 1 aromatic carbocycles. The maximum Gasteiger partial charge on any atom is 0.163 e. The predicted molar refractivity (Wildman–Crippen MR) is 81.3 cm³/mol. The van der Waals surface area contributed by atoms with E-state index in [1.54, 1.807) is 30.7 Å². The molecular formula is C17H14FN3O. The van der Waals surface area contributed by atoms with E-state index in [1.165, 1.54) is 6.07 Å². The lowest BCUT2D eigenvalue weighted by Gasteiger charge is -2.10. The molecule has 0 fully saturated rings. The summed E-state index contributed by atoms with van der Waals surface area (Å²) in [7, 11) is 0. The summed E-state index contributed by atoms with van der Waals surface area (Å²) in [6.45, 7) is 1.62. The SMILES string of the molecule is Cc1cnc(-c2c(F)cccc2CO)nc1-c1cccnc1. The number of benzene rings is 1. The van der Waals surface area contributed by atoms with Crippen molar-refractivity contribution in [2.75, 3.05) is 0 Å². The topological polar surface area (TPSA) is 58.9 Å². The summed E-state index contributed by atoms with van der Waals surface area (Å²) in [6, 6.07) is 8.26. The lowest BCUT2D eigenvalue weighted by atomic mass is 10.1. The summed E-state index contributed by atoms with van der Waals surface area (Å²) in [5.41, 5.74) is 3.10. The molecule has 0 aliphatic rings. The van der Waals surface area contributed by atoms with Gasteiger partial charge >= 0.3 is 0 Å². The van der Waals surface area contributed by atoms with Crippen molar-refractivity contribution in [3.05, 3.63) is 65.9 Å². The van der Waals surface area contributed by atoms with E-state index < -0.39 is 5.82 Å². The van der Waals surface area contributed by atoms with Crippen LogP contribution in [0.25, 0.3) is 22.6 Å². The van der Waals surface area contributed by atoms with Crippen LogP contribution >= 0.6 is 0 Å². The minimum Gasteiger partial charge on any atom is -0.392 e. The number of aliphatic hydroxyl groups excluding tert-OH is 1. The summed E-state index contributed by atoms with van der Waals surface area (Å²) >= 11 is 0. The zero-order valence-corrected chi connectivity index (χ0v) is 12.0. The molecule has 0 unspecified atom stereocenters. The van der Waals surface area contributed by atoms with Gasteiger partial charge in [-0.3, -0.25) is 4.98 Å². The fourth-order valence-electron chi connectivity index (χ4n) is 2.31. The average Bonchev–Trinajstić information content (AvgIpc) is 2.56. The zero-order chi connectivity index (χ0) is 15.5. The molecule has 0 aliphatic carbocycles. The zero-order valence-electron chi connectivity index (χ0n) is 12.0. The molecule has 0 bridgehead atoms. The van der Waals surface area contributed by atoms with Crippen molar-refractivity contribution in [3.8, 4) is 22.6 Å². The second-order valence-electron chi connectivity index (χ2n) is 4.90. The molecule has 110 valence electrons. The molecule has 3 aromatic rings. The van der Waals surface area contributed by atoms with Gasteiger partial charge in [-0.2, -0.15) is 0 Å². The number of halogens is 1. The van der Waals surface area contributed by atoms with Gasteiger partial charge in [-0.1, -0.05) is 12.1 Å². The van der Waals surface area contributed by atoms with Crippen molar-refractivity contribution in [1.82, 2.24) is 15.0 Å². The third-order valence-corrected chi connectivity index (χ3v) is 3.40. The number of pyridine rings is 1. The number of aromatic nitrogens is 3. The van der Waals surface area contributed by atoms with Crippen LogP contribution in [0.1, 0.15) is 11.1 Å². The first-order chi connectivity index (χ1) is 10.7. The second kappa shape index (κ2) is 5.99. The summed E-state index contributed by atoms with van der Waals surface area (Å²) < 4.78 is 14.2. The van der Waals surface area contributed by atoms with E-state index in [2.05, 4.69) is 15.0 Å². The molecule has 5 heteroatoms. The Balaban J connectivity index is 2.19. The number of hydrogen-bond donors (Lipinski definition) is 1. The monoisotopic (exact) mass is 295 g/mol. The van der Waals surface area contributed by atoms with Crippen LogP contribution in [0.2, 0.25) is 0 Å². The summed E-state index contributed by atoms with van der Waals surface area (Å²) in [6.07, 6.45) is 5.04. The van der Waals surface area contributed by atoms with Gasteiger partial charge in [0.05, 0.1) is 17.9 Å². The van der Waals surface area contributed by atoms with Crippen LogP contribution < -0.4 is 0 Å². The van der Waals surface area contributed by atoms with Gasteiger partial charge in [0.15, 0.2) is 5.82 Å². The van der Waals surface area contributed by atoms with Gasteiger partial charge in [-0.25, -0.2) is 14.4 Å². The molecule has 0 spiro atoms. The summed E-state index contributed by atoms with van der Waals surface area (Å²) in [5.74, 6) is -0.195. The van der Waals surface area contributed by atoms with Crippen LogP contribution in [0.5, 0.6) is 0 Å². The first-order valence-electron chi connectivity index (χ1n) is 6.83. The van der Waals surface area contributed by atoms with Crippen LogP contribution in [0, 0.1) is 12.7 Å². The van der Waals surface area contributed by atoms with Crippen LogP contribution in [0.15, 0.2) is 48.9 Å². The summed E-state index contributed by atoms with van der Waals surface area (Å²) in [5, 5.41) is 9.41. The van der Waals surface area contributed by atoms with Gasteiger partial charge in [0, 0.05) is 24.2 Å². The number of nitrogens with zero attached hydrogens (tertiary/aromatic N) is 3. The van der Waals surface area contributed by atoms with Gasteiger partial charge in [0.2, 0.25) is 0 Å². The molecule has 2 aromatic heterocycles. The van der Waals surface area contributed by atoms with Crippen LogP contribution in [0.3, 0.4) is 0 Å². The van der Waals surface area contributed by atoms with Crippen molar-refractivity contribution in [3.63, 3.8) is 0 Å². The highest BCUT2D eigenvalue weighted by atomic mass is 19.1. The second-order valence-corrected chi connectivity index (χ2v) is 4.90. The Labute approximate surface area is 127 Å². The standard InChI is InChI=1S/C17H14FN3O/c1-11-8-20-17(15-13(10-22)4-2-6-14(15)18)21-16(11)12-5-3-7-19-9-12/h2-9,22H,10H2,1H3. The first-order valence-corrected chi connectivity index (χ1v) is 6.83. The predicted octanol–water partition coefficient (Wildman–Crippen LogP) is 3.15. The molecule has 1 N–H and O–H groups in total. The molecule has 0 atom stereocenters. The number of rotatable bonds is 3. The lowest BCUT2D eigenvalue weighted by Crippen LogP contribution is -2.00. The molecular weight excluding hydrogens is 281 g/mol. The van der Waals surface area contributed by atoms with Gasteiger partial charge in [0.25, 0.3) is 0 Å². The Bertz CT molecular complexity index is 806. The highest BCUT2D eigenvalue weighted by Crippen LogP contribution is 2.27. The van der Waals surface area contributed by atoms with Gasteiger partial charge < -0.3 is 5.11 Å². The van der Waals surface area contributed by atoms with E-state index >= 15 is 0 Å². The molecule has 0 saturated heterocycles. The van der Waals surface area contributed by atoms with Crippen molar-refractivity contribution in [2.45, 2.75) is 13.5 Å². The third kappa shape index (κ3) is 2.58. The number of hydrogen-bond acceptors (Lipinski definition) is 4. The first kappa shape index (κ1) is 14.3. The molecule has 4 nitrogen and oxygen atoms in total. The minimum atomic E-state index is -0.451. The Morgan fingerprint density at radius 2 is 2.00 bits per heavy atom. The molecule has 22 heavy (non-hydrogen) atoms. The Kier molecular flexibility index (Phi) is 3.89. The van der Waals surface area contributed by atoms with Crippen molar-refractivity contribution in [1.29, 1.82) is 0 Å². The molecule has 0 saturated carbocycles. The normalized spacial score (nSPS) is 10.7. The van der Waals surface area contributed by atoms with E-state index in [-0.39, 0.29) is 18.0 Å². The highest BCUT2D eigenvalue weighted by molar-refractivity contribution is 5.67. The quantitative estimate of drug-likeness (QED) is 0.806. The largest absolute Gasteiger partial charge is 0.392 e. The van der Waals surface area contributed by atoms with Crippen molar-refractivity contribution in [2.24, 2.45) is 0 Å². The van der Waals surface area contributed by atoms with Gasteiger partial charge in [0.1, 0.15) is 5.82 Å². The van der Waals surface area contributed by atoms with Crippen molar-refractivity contribution >= 4 is 0 Å². The van der Waals surface area contributed by atoms with Crippen molar-refractivity contribution < 1.29 is 9.50 Å². The van der Waals surface area contributed by atoms with E-state index in [0.717, 1.165) is 11.1 Å². The van der Waals surface area contributed by atoms with E-state index in [9.17, 15) is 9.50 Å². The van der Waals surface area contributed by atoms with Crippen LogP contribution in [0.4, 0.5) is 4.39 Å². The number of aryl methyl sites for hydroxylation is 1. The van der Waals surface area contributed by atoms with E-state index in [1.807, 2.05) is 19.1 Å². The van der Waals surface area contributed by atoms with Crippen LogP contribution in [-0.2, 0) is 6.61 Å². The highest BCUT2D eigenvalue weighted by Gasteiger charge is 2.15. The molecule has 0 radical (unpaired) electrons. The average molecular weight is 295 g/mol. The Hall–Kier alpha value is -2.66. The minimum absolute atomic E-state index is 0.232. The fourth-order valence-corrected chi connectivity index (χ4v) is 2.31. The molecule has 2 heterocycles. The maximum atomic E-state index is 14.2. The summed E-state index contributed by atoms with van der Waals surface area (Å²) in [4.78, 5) is 12.8. The molecule has 3 rings (SSSR count). The molecule has 0 amide bonds. The maximum absolute atomic E-state index is 14.2. The third-order valence-electron chi connectivity index (χ3n) is 3.40. The lowest BCUT2D eigenvalue weighted by molar-refractivity contribution is 0.282. The fraction of sp³-hybridized carbons (Fsp3) is 0.118.